The lowest BCUT2D eigenvalue weighted by atomic mass is 10.2. The monoisotopic (exact) mass is 285 g/mol. The molecule has 0 saturated heterocycles. The minimum atomic E-state index is 0.649. The molecule has 0 aromatic heterocycles. The summed E-state index contributed by atoms with van der Waals surface area (Å²) in [5.41, 5.74) is 3.94. The van der Waals surface area contributed by atoms with E-state index in [2.05, 4.69) is 21.4 Å². The maximum atomic E-state index is 5.85. The van der Waals surface area contributed by atoms with E-state index < -0.39 is 0 Å². The number of nitrogens with one attached hydrogen (secondary N) is 1. The van der Waals surface area contributed by atoms with Crippen molar-refractivity contribution in [1.29, 1.82) is 0 Å². The van der Waals surface area contributed by atoms with Gasteiger partial charge in [0, 0.05) is 12.1 Å². The average molecular weight is 286 g/mol. The number of rotatable bonds is 6. The van der Waals surface area contributed by atoms with E-state index >= 15 is 0 Å². The van der Waals surface area contributed by atoms with E-state index in [0.29, 0.717) is 6.54 Å². The fraction of sp³-hybridized carbons (Fsp3) is 0.500. The summed E-state index contributed by atoms with van der Waals surface area (Å²) in [5.74, 6) is 1.69. The van der Waals surface area contributed by atoms with E-state index in [4.69, 9.17) is 9.57 Å². The van der Waals surface area contributed by atoms with Crippen LogP contribution in [0.4, 0.5) is 0 Å². The highest BCUT2D eigenvalue weighted by Gasteiger charge is 2.22. The van der Waals surface area contributed by atoms with Crippen molar-refractivity contribution >= 4 is 15.9 Å². The predicted octanol–water partition coefficient (Wildman–Crippen LogP) is 2.89. The van der Waals surface area contributed by atoms with Crippen molar-refractivity contribution in [3.63, 3.8) is 0 Å². The van der Waals surface area contributed by atoms with Crippen LogP contribution >= 0.6 is 15.9 Å². The van der Waals surface area contributed by atoms with E-state index in [1.165, 1.54) is 12.8 Å². The molecular formula is C12H16BrNO2. The number of hydrogen-bond donors (Lipinski definition) is 1. The molecule has 0 unspecified atom stereocenters. The van der Waals surface area contributed by atoms with Crippen molar-refractivity contribution in [2.75, 3.05) is 13.7 Å². The molecule has 0 bridgehead atoms. The lowest BCUT2D eigenvalue weighted by Crippen LogP contribution is -2.12. The Morgan fingerprint density at radius 3 is 2.94 bits per heavy atom. The van der Waals surface area contributed by atoms with Crippen LogP contribution in [0.3, 0.4) is 0 Å². The van der Waals surface area contributed by atoms with Crippen LogP contribution in [0, 0.1) is 5.92 Å². The Morgan fingerprint density at radius 1 is 1.44 bits per heavy atom. The number of ether oxygens (including phenoxy) is 1. The molecule has 4 heteroatoms. The van der Waals surface area contributed by atoms with Crippen molar-refractivity contribution in [1.82, 2.24) is 5.48 Å². The Hall–Kier alpha value is -0.580. The second-order valence-electron chi connectivity index (χ2n) is 4.01. The van der Waals surface area contributed by atoms with Gasteiger partial charge in [0.05, 0.1) is 18.2 Å². The molecule has 0 atom stereocenters. The van der Waals surface area contributed by atoms with Gasteiger partial charge in [0.25, 0.3) is 0 Å². The predicted molar refractivity (Wildman–Crippen MR) is 66.2 cm³/mol. The zero-order valence-corrected chi connectivity index (χ0v) is 10.9. The van der Waals surface area contributed by atoms with Gasteiger partial charge in [-0.25, -0.2) is 0 Å². The fourth-order valence-corrected chi connectivity index (χ4v) is 2.01. The molecule has 2 rings (SSSR count). The third-order valence-electron chi connectivity index (χ3n) is 2.62. The summed E-state index contributed by atoms with van der Waals surface area (Å²) in [6.45, 7) is 1.47. The van der Waals surface area contributed by atoms with Crippen LogP contribution in [0.15, 0.2) is 22.7 Å². The number of benzene rings is 1. The van der Waals surface area contributed by atoms with Crippen LogP contribution in [0.1, 0.15) is 18.4 Å². The van der Waals surface area contributed by atoms with E-state index in [9.17, 15) is 0 Å². The van der Waals surface area contributed by atoms with Gasteiger partial charge in [-0.2, -0.15) is 5.48 Å². The minimum absolute atomic E-state index is 0.649. The summed E-state index contributed by atoms with van der Waals surface area (Å²) >= 11 is 3.52. The van der Waals surface area contributed by atoms with Crippen molar-refractivity contribution in [3.05, 3.63) is 28.2 Å². The average Bonchev–Trinajstić information content (AvgIpc) is 3.09. The van der Waals surface area contributed by atoms with Gasteiger partial charge in [0.1, 0.15) is 5.75 Å². The second kappa shape index (κ2) is 5.66. The van der Waals surface area contributed by atoms with E-state index in [-0.39, 0.29) is 0 Å². The van der Waals surface area contributed by atoms with Crippen molar-refractivity contribution < 1.29 is 9.57 Å². The Kier molecular flexibility index (Phi) is 4.21. The number of halogens is 1. The Balaban J connectivity index is 2.04. The molecule has 1 fully saturated rings. The van der Waals surface area contributed by atoms with Crippen LogP contribution in [-0.4, -0.2) is 13.7 Å². The maximum Gasteiger partial charge on any atom is 0.138 e. The standard InChI is InChI=1S/C12H16BrNO2/c1-15-14-7-10-3-2-4-11(13)12(10)16-8-9-5-6-9/h2-4,9,14H,5-8H2,1H3. The normalized spacial score (nSPS) is 15.1. The van der Waals surface area contributed by atoms with Gasteiger partial charge in [0.2, 0.25) is 0 Å². The Morgan fingerprint density at radius 2 is 2.25 bits per heavy atom. The number of hydroxylamine groups is 1. The SMILES string of the molecule is CONCc1cccc(Br)c1OCC1CC1. The van der Waals surface area contributed by atoms with Gasteiger partial charge in [-0.3, -0.25) is 0 Å². The Labute approximate surface area is 104 Å². The van der Waals surface area contributed by atoms with E-state index in [1.54, 1.807) is 7.11 Å². The van der Waals surface area contributed by atoms with Crippen LogP contribution in [0.25, 0.3) is 0 Å². The number of para-hydroxylation sites is 1. The molecular weight excluding hydrogens is 270 g/mol. The Bertz CT molecular complexity index is 353. The quantitative estimate of drug-likeness (QED) is 0.816. The molecule has 1 N–H and O–H groups in total. The molecule has 88 valence electrons. The smallest absolute Gasteiger partial charge is 0.138 e. The van der Waals surface area contributed by atoms with Crippen LogP contribution < -0.4 is 10.2 Å². The molecule has 1 aliphatic carbocycles. The van der Waals surface area contributed by atoms with Gasteiger partial charge in [0.15, 0.2) is 0 Å². The van der Waals surface area contributed by atoms with Gasteiger partial charge in [-0.05, 0) is 40.8 Å². The molecule has 3 nitrogen and oxygen atoms in total. The molecule has 0 aliphatic heterocycles. The summed E-state index contributed by atoms with van der Waals surface area (Å²) in [4.78, 5) is 4.86. The van der Waals surface area contributed by atoms with Crippen LogP contribution in [0.5, 0.6) is 5.75 Å². The highest BCUT2D eigenvalue weighted by atomic mass is 79.9. The van der Waals surface area contributed by atoms with Gasteiger partial charge < -0.3 is 9.57 Å². The zero-order chi connectivity index (χ0) is 11.4. The molecule has 0 amide bonds. The number of hydrogen-bond acceptors (Lipinski definition) is 3. The van der Waals surface area contributed by atoms with Gasteiger partial charge >= 0.3 is 0 Å². The minimum Gasteiger partial charge on any atom is -0.492 e. The van der Waals surface area contributed by atoms with E-state index in [0.717, 1.165) is 28.3 Å². The van der Waals surface area contributed by atoms with E-state index in [1.807, 2.05) is 18.2 Å². The summed E-state index contributed by atoms with van der Waals surface area (Å²) < 4.78 is 6.85. The molecule has 1 saturated carbocycles. The highest BCUT2D eigenvalue weighted by molar-refractivity contribution is 9.10. The molecule has 0 radical (unpaired) electrons. The molecule has 1 aromatic rings. The first-order chi connectivity index (χ1) is 7.81. The lowest BCUT2D eigenvalue weighted by molar-refractivity contribution is 0.0858. The fourth-order valence-electron chi connectivity index (χ4n) is 1.49. The first-order valence-electron chi connectivity index (χ1n) is 5.47. The second-order valence-corrected chi connectivity index (χ2v) is 4.86. The topological polar surface area (TPSA) is 30.5 Å². The molecule has 0 heterocycles. The van der Waals surface area contributed by atoms with Gasteiger partial charge in [-0.1, -0.05) is 12.1 Å². The van der Waals surface area contributed by atoms with Gasteiger partial charge in [-0.15, -0.1) is 0 Å². The van der Waals surface area contributed by atoms with Crippen molar-refractivity contribution in [2.24, 2.45) is 5.92 Å². The first-order valence-corrected chi connectivity index (χ1v) is 6.26. The summed E-state index contributed by atoms with van der Waals surface area (Å²) in [7, 11) is 1.61. The molecule has 1 aliphatic rings. The zero-order valence-electron chi connectivity index (χ0n) is 9.33. The molecule has 0 spiro atoms. The largest absolute Gasteiger partial charge is 0.492 e. The third kappa shape index (κ3) is 3.20. The summed E-state index contributed by atoms with van der Waals surface area (Å²) in [5, 5.41) is 0. The van der Waals surface area contributed by atoms with Crippen LogP contribution in [0.2, 0.25) is 0 Å². The molecule has 16 heavy (non-hydrogen) atoms. The first kappa shape index (κ1) is 11.9. The van der Waals surface area contributed by atoms with Crippen molar-refractivity contribution in [3.8, 4) is 5.75 Å². The lowest BCUT2D eigenvalue weighted by Gasteiger charge is -2.13. The maximum absolute atomic E-state index is 5.85. The van der Waals surface area contributed by atoms with Crippen LogP contribution in [-0.2, 0) is 11.4 Å². The summed E-state index contributed by atoms with van der Waals surface area (Å²) in [6.07, 6.45) is 2.60. The highest BCUT2D eigenvalue weighted by Crippen LogP contribution is 2.33. The van der Waals surface area contributed by atoms with Crippen molar-refractivity contribution in [2.45, 2.75) is 19.4 Å². The third-order valence-corrected chi connectivity index (χ3v) is 3.24. The summed E-state index contributed by atoms with van der Waals surface area (Å²) in [6, 6.07) is 6.04. The molecule has 1 aromatic carbocycles.